The van der Waals surface area contributed by atoms with Crippen LogP contribution in [0.4, 0.5) is 0 Å². The van der Waals surface area contributed by atoms with Crippen molar-refractivity contribution in [1.29, 1.82) is 0 Å². The molecule has 1 saturated heterocycles. The number of allylic oxidation sites excluding steroid dienone is 2. The zero-order chi connectivity index (χ0) is 23.1. The van der Waals surface area contributed by atoms with Gasteiger partial charge in [0.25, 0.3) is 11.8 Å². The fourth-order valence-electron chi connectivity index (χ4n) is 4.91. The molecule has 0 N–H and O–H groups in total. The van der Waals surface area contributed by atoms with Crippen LogP contribution in [0.15, 0.2) is 53.7 Å². The minimum Gasteiger partial charge on any atom is -0.490 e. The molecule has 1 saturated carbocycles. The average Bonchev–Trinajstić information content (AvgIpc) is 3.47. The second-order valence-corrected chi connectivity index (χ2v) is 9.24. The van der Waals surface area contributed by atoms with Crippen molar-refractivity contribution in [2.75, 3.05) is 6.61 Å². The van der Waals surface area contributed by atoms with Crippen LogP contribution >= 0.6 is 23.2 Å². The number of carbonyl (C=O) groups excluding carboxylic acids is 2. The minimum absolute atomic E-state index is 0.159. The van der Waals surface area contributed by atoms with E-state index >= 15 is 0 Å². The average molecular weight is 485 g/mol. The zero-order valence-electron chi connectivity index (χ0n) is 17.9. The van der Waals surface area contributed by atoms with Crippen LogP contribution in [0.2, 0.25) is 10.0 Å². The number of amides is 2. The zero-order valence-corrected chi connectivity index (χ0v) is 19.4. The lowest BCUT2D eigenvalue weighted by Crippen LogP contribution is -2.28. The highest BCUT2D eigenvalue weighted by Crippen LogP contribution is 2.52. The smallest absolute Gasteiger partial charge is 0.254 e. The van der Waals surface area contributed by atoms with E-state index in [0.717, 1.165) is 17.0 Å². The number of fused-ring (bicyclic) bond motifs is 5. The third-order valence-electron chi connectivity index (χ3n) is 6.44. The van der Waals surface area contributed by atoms with Crippen molar-refractivity contribution in [1.82, 2.24) is 5.01 Å². The van der Waals surface area contributed by atoms with Crippen LogP contribution in [0, 0.1) is 23.7 Å². The molecule has 3 aliphatic rings. The predicted octanol–water partition coefficient (Wildman–Crippen LogP) is 5.11. The fourth-order valence-corrected chi connectivity index (χ4v) is 5.37. The van der Waals surface area contributed by atoms with Gasteiger partial charge in [-0.25, -0.2) is 0 Å². The third kappa shape index (κ3) is 4.02. The van der Waals surface area contributed by atoms with Gasteiger partial charge < -0.3 is 9.47 Å². The second-order valence-electron chi connectivity index (χ2n) is 8.40. The van der Waals surface area contributed by atoms with E-state index in [0.29, 0.717) is 33.7 Å². The topological polar surface area (TPSA) is 68.2 Å². The Kier molecular flexibility index (Phi) is 5.89. The molecular weight excluding hydrogens is 463 g/mol. The molecule has 2 fully saturated rings. The fraction of sp³-hybridized carbons (Fsp3) is 0.320. The molecular formula is C25H22Cl2N2O4. The molecule has 8 heteroatoms. The number of benzene rings is 2. The molecule has 2 aliphatic carbocycles. The van der Waals surface area contributed by atoms with Gasteiger partial charge in [0.05, 0.1) is 24.7 Å². The molecule has 1 aliphatic heterocycles. The Morgan fingerprint density at radius 3 is 2.39 bits per heavy atom. The lowest BCUT2D eigenvalue weighted by atomic mass is 9.85. The Labute approximate surface area is 201 Å². The monoisotopic (exact) mass is 484 g/mol. The highest BCUT2D eigenvalue weighted by molar-refractivity contribution is 6.35. The summed E-state index contributed by atoms with van der Waals surface area (Å²) < 4.78 is 11.7. The predicted molar refractivity (Wildman–Crippen MR) is 126 cm³/mol. The van der Waals surface area contributed by atoms with E-state index in [4.69, 9.17) is 32.7 Å². The van der Waals surface area contributed by atoms with Crippen LogP contribution in [0.3, 0.4) is 0 Å². The molecule has 33 heavy (non-hydrogen) atoms. The highest BCUT2D eigenvalue weighted by Gasteiger charge is 2.59. The Balaban J connectivity index is 1.31. The third-order valence-corrected chi connectivity index (χ3v) is 7.02. The standard InChI is InChI=1S/C25H22Cl2N2O4/c1-2-32-21-9-14(3-8-20(21)33-13-17-6-7-18(26)11-19(17)27)12-28-29-24(30)22-15-4-5-16(10-15)23(22)25(29)31/h3-9,11-12,15-16,22-23H,2,10,13H2,1H3. The van der Waals surface area contributed by atoms with Crippen molar-refractivity contribution >= 4 is 41.2 Å². The Morgan fingerprint density at radius 2 is 1.73 bits per heavy atom. The van der Waals surface area contributed by atoms with Crippen LogP contribution in [-0.2, 0) is 16.2 Å². The highest BCUT2D eigenvalue weighted by atomic mass is 35.5. The van der Waals surface area contributed by atoms with Gasteiger partial charge in [-0.3, -0.25) is 9.59 Å². The van der Waals surface area contributed by atoms with Gasteiger partial charge in [-0.15, -0.1) is 0 Å². The maximum atomic E-state index is 12.8. The second kappa shape index (κ2) is 8.84. The van der Waals surface area contributed by atoms with Gasteiger partial charge in [0.15, 0.2) is 11.5 Å². The maximum Gasteiger partial charge on any atom is 0.254 e. The molecule has 0 spiro atoms. The van der Waals surface area contributed by atoms with E-state index in [9.17, 15) is 9.59 Å². The van der Waals surface area contributed by atoms with E-state index in [2.05, 4.69) is 17.3 Å². The molecule has 170 valence electrons. The number of halogens is 2. The molecule has 6 nitrogen and oxygen atoms in total. The number of hydrazone groups is 1. The van der Waals surface area contributed by atoms with E-state index in [1.807, 2.05) is 13.0 Å². The van der Waals surface area contributed by atoms with Gasteiger partial charge in [-0.05, 0) is 61.1 Å². The lowest BCUT2D eigenvalue weighted by Gasteiger charge is -2.14. The number of rotatable bonds is 7. The Hall–Kier alpha value is -2.83. The quantitative estimate of drug-likeness (QED) is 0.311. The van der Waals surface area contributed by atoms with Crippen LogP contribution in [0.25, 0.3) is 0 Å². The van der Waals surface area contributed by atoms with Crippen molar-refractivity contribution in [2.45, 2.75) is 20.0 Å². The summed E-state index contributed by atoms with van der Waals surface area (Å²) in [6.45, 7) is 2.57. The minimum atomic E-state index is -0.265. The molecule has 2 amide bonds. The summed E-state index contributed by atoms with van der Waals surface area (Å²) in [5.74, 6) is 0.456. The Morgan fingerprint density at radius 1 is 1.00 bits per heavy atom. The summed E-state index contributed by atoms with van der Waals surface area (Å²) in [6.07, 6.45) is 6.53. The number of hydrogen-bond acceptors (Lipinski definition) is 5. The first-order chi connectivity index (χ1) is 16.0. The first-order valence-electron chi connectivity index (χ1n) is 10.9. The van der Waals surface area contributed by atoms with Crippen LogP contribution in [0.1, 0.15) is 24.5 Å². The van der Waals surface area contributed by atoms with E-state index in [-0.39, 0.29) is 42.1 Å². The van der Waals surface area contributed by atoms with Crippen LogP contribution in [0.5, 0.6) is 11.5 Å². The van der Waals surface area contributed by atoms with E-state index < -0.39 is 0 Å². The summed E-state index contributed by atoms with van der Waals surface area (Å²) >= 11 is 12.2. The van der Waals surface area contributed by atoms with Crippen molar-refractivity contribution in [3.63, 3.8) is 0 Å². The maximum absolute atomic E-state index is 12.8. The summed E-state index contributed by atoms with van der Waals surface area (Å²) in [5, 5.41) is 6.36. The summed E-state index contributed by atoms with van der Waals surface area (Å²) in [4.78, 5) is 25.6. The largest absolute Gasteiger partial charge is 0.490 e. The number of imide groups is 1. The summed E-state index contributed by atoms with van der Waals surface area (Å²) in [5.41, 5.74) is 1.49. The normalized spacial score (nSPS) is 25.4. The molecule has 4 unspecified atom stereocenters. The molecule has 4 atom stereocenters. The molecule has 2 aromatic carbocycles. The van der Waals surface area contributed by atoms with Gasteiger partial charge in [0.1, 0.15) is 6.61 Å². The number of carbonyl (C=O) groups is 2. The first kappa shape index (κ1) is 22.0. The van der Waals surface area contributed by atoms with Crippen LogP contribution in [-0.4, -0.2) is 29.6 Å². The van der Waals surface area contributed by atoms with E-state index in [1.54, 1.807) is 30.3 Å². The van der Waals surface area contributed by atoms with Gasteiger partial charge in [-0.1, -0.05) is 41.4 Å². The molecule has 5 rings (SSSR count). The van der Waals surface area contributed by atoms with Gasteiger partial charge in [-0.2, -0.15) is 10.1 Å². The number of ether oxygens (including phenoxy) is 2. The van der Waals surface area contributed by atoms with Gasteiger partial charge in [0, 0.05) is 15.6 Å². The number of nitrogens with zero attached hydrogens (tertiary/aromatic N) is 2. The SMILES string of the molecule is CCOc1cc(C=NN2C(=O)C3C4C=CC(C4)C3C2=O)ccc1OCc1ccc(Cl)cc1Cl. The van der Waals surface area contributed by atoms with Crippen LogP contribution < -0.4 is 9.47 Å². The van der Waals surface area contributed by atoms with Crippen molar-refractivity contribution in [2.24, 2.45) is 28.8 Å². The molecule has 1 heterocycles. The first-order valence-corrected chi connectivity index (χ1v) is 11.7. The van der Waals surface area contributed by atoms with Crippen molar-refractivity contribution in [3.8, 4) is 11.5 Å². The summed E-state index contributed by atoms with van der Waals surface area (Å²) in [7, 11) is 0. The molecule has 0 radical (unpaired) electrons. The Bertz CT molecular complexity index is 1150. The summed E-state index contributed by atoms with van der Waals surface area (Å²) in [6, 6.07) is 10.6. The molecule has 0 aromatic heterocycles. The van der Waals surface area contributed by atoms with Gasteiger partial charge >= 0.3 is 0 Å². The van der Waals surface area contributed by atoms with Gasteiger partial charge in [0.2, 0.25) is 0 Å². The van der Waals surface area contributed by atoms with E-state index in [1.165, 1.54) is 6.21 Å². The molecule has 2 aromatic rings. The molecule has 2 bridgehead atoms. The number of hydrogen-bond donors (Lipinski definition) is 0. The van der Waals surface area contributed by atoms with Crippen molar-refractivity contribution in [3.05, 3.63) is 69.7 Å². The lowest BCUT2D eigenvalue weighted by molar-refractivity contribution is -0.140. The van der Waals surface area contributed by atoms with Crippen molar-refractivity contribution < 1.29 is 19.1 Å².